The molecule has 4 rings (SSSR count). The van der Waals surface area contributed by atoms with Crippen molar-refractivity contribution < 1.29 is 9.21 Å². The average Bonchev–Trinajstić information content (AvgIpc) is 3.22. The first-order valence-corrected chi connectivity index (χ1v) is 7.99. The smallest absolute Gasteiger partial charge is 0.290 e. The number of para-hydroxylation sites is 1. The van der Waals surface area contributed by atoms with Crippen molar-refractivity contribution in [1.82, 2.24) is 14.9 Å². The Morgan fingerprint density at radius 1 is 1.38 bits per heavy atom. The van der Waals surface area contributed by atoms with Gasteiger partial charge < -0.3 is 14.3 Å². The SMILES string of the molecule is Cc1cnc(C2CCCN2C(=O)c2cc(=O)c3ccccc3o2)[nH]1. The van der Waals surface area contributed by atoms with Gasteiger partial charge in [0.1, 0.15) is 11.4 Å². The molecule has 1 saturated heterocycles. The summed E-state index contributed by atoms with van der Waals surface area (Å²) in [7, 11) is 0. The van der Waals surface area contributed by atoms with Crippen molar-refractivity contribution in [2.75, 3.05) is 6.54 Å². The molecule has 0 spiro atoms. The third kappa shape index (κ3) is 2.40. The number of carbonyl (C=O) groups excluding carboxylic acids is 1. The van der Waals surface area contributed by atoms with Crippen LogP contribution >= 0.6 is 0 Å². The highest BCUT2D eigenvalue weighted by molar-refractivity contribution is 5.93. The van der Waals surface area contributed by atoms with Crippen LogP contribution in [0.5, 0.6) is 0 Å². The van der Waals surface area contributed by atoms with Crippen molar-refractivity contribution >= 4 is 16.9 Å². The summed E-state index contributed by atoms with van der Waals surface area (Å²) < 4.78 is 5.68. The molecule has 6 nitrogen and oxygen atoms in total. The molecular weight excluding hydrogens is 306 g/mol. The molecule has 1 atom stereocenters. The lowest BCUT2D eigenvalue weighted by atomic mass is 10.2. The molecule has 1 N–H and O–H groups in total. The van der Waals surface area contributed by atoms with Crippen LogP contribution in [0, 0.1) is 6.92 Å². The second kappa shape index (κ2) is 5.63. The van der Waals surface area contributed by atoms with Crippen molar-refractivity contribution in [2.24, 2.45) is 0 Å². The maximum absolute atomic E-state index is 12.9. The summed E-state index contributed by atoms with van der Waals surface area (Å²) >= 11 is 0. The molecule has 2 aromatic heterocycles. The van der Waals surface area contributed by atoms with E-state index in [1.165, 1.54) is 6.07 Å². The van der Waals surface area contributed by atoms with E-state index in [2.05, 4.69) is 9.97 Å². The first-order valence-electron chi connectivity index (χ1n) is 7.99. The van der Waals surface area contributed by atoms with Gasteiger partial charge >= 0.3 is 0 Å². The largest absolute Gasteiger partial charge is 0.451 e. The number of hydrogen-bond acceptors (Lipinski definition) is 4. The number of aromatic nitrogens is 2. The summed E-state index contributed by atoms with van der Waals surface area (Å²) in [6, 6.07) is 8.13. The summed E-state index contributed by atoms with van der Waals surface area (Å²) in [6.45, 7) is 2.56. The van der Waals surface area contributed by atoms with Crippen LogP contribution in [0.2, 0.25) is 0 Å². The van der Waals surface area contributed by atoms with Gasteiger partial charge in [0.05, 0.1) is 11.4 Å². The number of rotatable bonds is 2. The molecule has 0 saturated carbocycles. The molecule has 1 aromatic carbocycles. The summed E-state index contributed by atoms with van der Waals surface area (Å²) in [4.78, 5) is 34.4. The number of imidazole rings is 1. The van der Waals surface area contributed by atoms with Gasteiger partial charge in [0.15, 0.2) is 11.2 Å². The van der Waals surface area contributed by atoms with Crippen LogP contribution < -0.4 is 5.43 Å². The van der Waals surface area contributed by atoms with E-state index in [-0.39, 0.29) is 23.1 Å². The number of hydrogen-bond donors (Lipinski definition) is 1. The number of nitrogens with one attached hydrogen (secondary N) is 1. The molecule has 0 bridgehead atoms. The van der Waals surface area contributed by atoms with E-state index in [4.69, 9.17) is 4.42 Å². The third-order valence-electron chi connectivity index (χ3n) is 4.40. The highest BCUT2D eigenvalue weighted by Gasteiger charge is 2.33. The second-order valence-electron chi connectivity index (χ2n) is 6.08. The Labute approximate surface area is 138 Å². The van der Waals surface area contributed by atoms with Gasteiger partial charge in [-0.1, -0.05) is 12.1 Å². The van der Waals surface area contributed by atoms with E-state index in [0.29, 0.717) is 17.5 Å². The molecule has 1 unspecified atom stereocenters. The molecule has 1 fully saturated rings. The van der Waals surface area contributed by atoms with Crippen molar-refractivity contribution in [2.45, 2.75) is 25.8 Å². The van der Waals surface area contributed by atoms with Gasteiger partial charge in [0.2, 0.25) is 0 Å². The van der Waals surface area contributed by atoms with Crippen LogP contribution in [0.15, 0.2) is 45.7 Å². The predicted octanol–water partition coefficient (Wildman–Crippen LogP) is 2.80. The molecule has 24 heavy (non-hydrogen) atoms. The number of fused-ring (bicyclic) bond motifs is 1. The van der Waals surface area contributed by atoms with Crippen LogP contribution in [-0.4, -0.2) is 27.3 Å². The lowest BCUT2D eigenvalue weighted by Gasteiger charge is -2.22. The minimum absolute atomic E-state index is 0.0777. The lowest BCUT2D eigenvalue weighted by Crippen LogP contribution is -2.31. The molecule has 122 valence electrons. The average molecular weight is 323 g/mol. The highest BCUT2D eigenvalue weighted by atomic mass is 16.3. The molecule has 3 heterocycles. The number of likely N-dealkylation sites (tertiary alicyclic amines) is 1. The number of carbonyl (C=O) groups is 1. The first-order chi connectivity index (χ1) is 11.6. The summed E-state index contributed by atoms with van der Waals surface area (Å²) in [5.41, 5.74) is 1.18. The Kier molecular flexibility index (Phi) is 3.45. The van der Waals surface area contributed by atoms with Gasteiger partial charge in [-0.25, -0.2) is 4.98 Å². The number of aryl methyl sites for hydroxylation is 1. The van der Waals surface area contributed by atoms with Crippen LogP contribution in [0.3, 0.4) is 0 Å². The number of aromatic amines is 1. The normalized spacial score (nSPS) is 17.5. The fourth-order valence-corrected chi connectivity index (χ4v) is 3.25. The molecule has 0 aliphatic carbocycles. The fourth-order valence-electron chi connectivity index (χ4n) is 3.25. The Bertz CT molecular complexity index is 973. The second-order valence-corrected chi connectivity index (χ2v) is 6.08. The van der Waals surface area contributed by atoms with E-state index in [0.717, 1.165) is 24.4 Å². The quantitative estimate of drug-likeness (QED) is 0.786. The summed E-state index contributed by atoms with van der Waals surface area (Å²) in [5.74, 6) is 0.588. The van der Waals surface area contributed by atoms with Gasteiger partial charge in [-0.15, -0.1) is 0 Å². The van der Waals surface area contributed by atoms with Crippen molar-refractivity contribution in [3.8, 4) is 0 Å². The van der Waals surface area contributed by atoms with Gasteiger partial charge in [-0.2, -0.15) is 0 Å². The van der Waals surface area contributed by atoms with Crippen LogP contribution in [0.1, 0.15) is 41.0 Å². The summed E-state index contributed by atoms with van der Waals surface area (Å²) in [6.07, 6.45) is 3.50. The van der Waals surface area contributed by atoms with Gasteiger partial charge in [-0.05, 0) is 31.9 Å². The topological polar surface area (TPSA) is 79.2 Å². The van der Waals surface area contributed by atoms with Crippen molar-refractivity contribution in [3.63, 3.8) is 0 Å². The molecule has 1 aliphatic heterocycles. The number of nitrogens with zero attached hydrogens (tertiary/aromatic N) is 2. The molecule has 1 amide bonds. The maximum Gasteiger partial charge on any atom is 0.290 e. The Hall–Kier alpha value is -2.89. The van der Waals surface area contributed by atoms with Crippen LogP contribution in [0.25, 0.3) is 11.0 Å². The van der Waals surface area contributed by atoms with Gasteiger partial charge in [0, 0.05) is 24.5 Å². The Morgan fingerprint density at radius 2 is 2.21 bits per heavy atom. The number of H-pyrrole nitrogens is 1. The van der Waals surface area contributed by atoms with E-state index in [9.17, 15) is 9.59 Å². The molecule has 3 aromatic rings. The van der Waals surface area contributed by atoms with E-state index < -0.39 is 0 Å². The monoisotopic (exact) mass is 323 g/mol. The number of benzene rings is 1. The standard InChI is InChI=1S/C18H17N3O3/c1-11-10-19-17(20-11)13-6-4-8-21(13)18(23)16-9-14(22)12-5-2-3-7-15(12)24-16/h2-3,5,7,9-10,13H,4,6,8H2,1H3,(H,19,20). The number of amides is 1. The molecule has 0 radical (unpaired) electrons. The zero-order valence-corrected chi connectivity index (χ0v) is 13.3. The Balaban J connectivity index is 1.71. The van der Waals surface area contributed by atoms with Crippen molar-refractivity contribution in [3.05, 3.63) is 64.0 Å². The minimum atomic E-state index is -0.269. The Morgan fingerprint density at radius 3 is 3.00 bits per heavy atom. The van der Waals surface area contributed by atoms with Crippen LogP contribution in [0.4, 0.5) is 0 Å². The van der Waals surface area contributed by atoms with E-state index in [1.807, 2.05) is 6.92 Å². The molecule has 1 aliphatic rings. The highest BCUT2D eigenvalue weighted by Crippen LogP contribution is 2.31. The molecular formula is C18H17N3O3. The van der Waals surface area contributed by atoms with Crippen molar-refractivity contribution in [1.29, 1.82) is 0 Å². The summed E-state index contributed by atoms with van der Waals surface area (Å²) in [5, 5.41) is 0.480. The minimum Gasteiger partial charge on any atom is -0.451 e. The molecule has 6 heteroatoms. The first kappa shape index (κ1) is 14.7. The van der Waals surface area contributed by atoms with E-state index in [1.54, 1.807) is 35.4 Å². The van der Waals surface area contributed by atoms with Gasteiger partial charge in [-0.3, -0.25) is 9.59 Å². The fraction of sp³-hybridized carbons (Fsp3) is 0.278. The van der Waals surface area contributed by atoms with E-state index >= 15 is 0 Å². The van der Waals surface area contributed by atoms with Crippen LogP contribution in [-0.2, 0) is 0 Å². The third-order valence-corrected chi connectivity index (χ3v) is 4.40. The zero-order chi connectivity index (χ0) is 16.7. The zero-order valence-electron chi connectivity index (χ0n) is 13.3. The van der Waals surface area contributed by atoms with Gasteiger partial charge in [0.25, 0.3) is 5.91 Å². The lowest BCUT2D eigenvalue weighted by molar-refractivity contribution is 0.0698. The maximum atomic E-state index is 12.9. The predicted molar refractivity (Wildman–Crippen MR) is 88.8 cm³/mol.